The van der Waals surface area contributed by atoms with Crippen LogP contribution in [0, 0.1) is 0 Å². The van der Waals surface area contributed by atoms with E-state index in [1.807, 2.05) is 30.3 Å². The van der Waals surface area contributed by atoms with Gasteiger partial charge in [-0.2, -0.15) is 5.10 Å². The number of nitrogens with zero attached hydrogens (tertiary/aromatic N) is 5. The van der Waals surface area contributed by atoms with E-state index in [1.54, 1.807) is 10.7 Å². The molecule has 8 heteroatoms. The van der Waals surface area contributed by atoms with E-state index in [4.69, 9.17) is 5.11 Å². The van der Waals surface area contributed by atoms with Crippen molar-refractivity contribution in [3.8, 4) is 22.8 Å². The van der Waals surface area contributed by atoms with Crippen LogP contribution in [0.15, 0.2) is 36.5 Å². The highest BCUT2D eigenvalue weighted by molar-refractivity contribution is 5.74. The molecule has 4 rings (SSSR count). The minimum absolute atomic E-state index is 0.0914. The first-order valence-electron chi connectivity index (χ1n) is 7.58. The van der Waals surface area contributed by atoms with Gasteiger partial charge in [-0.25, -0.2) is 14.5 Å². The molecule has 2 aliphatic heterocycles. The summed E-state index contributed by atoms with van der Waals surface area (Å²) in [5, 5.41) is 20.0. The summed E-state index contributed by atoms with van der Waals surface area (Å²) in [6.07, 6.45) is 2.72. The SMILES string of the molecule is O=C(O)CCCc1nc2nncc-2c2nc(-c3ccccc3)[nH]n12. The van der Waals surface area contributed by atoms with Gasteiger partial charge in [-0.15, -0.1) is 5.10 Å². The van der Waals surface area contributed by atoms with Crippen molar-refractivity contribution in [3.05, 3.63) is 42.4 Å². The van der Waals surface area contributed by atoms with Crippen LogP contribution in [0.25, 0.3) is 28.4 Å². The van der Waals surface area contributed by atoms with Crippen molar-refractivity contribution in [2.45, 2.75) is 19.3 Å². The number of carboxylic acids is 1. The first-order chi connectivity index (χ1) is 11.7. The van der Waals surface area contributed by atoms with E-state index >= 15 is 0 Å². The third kappa shape index (κ3) is 2.47. The molecule has 1 aromatic carbocycles. The van der Waals surface area contributed by atoms with Gasteiger partial charge in [0.05, 0.1) is 11.8 Å². The molecule has 0 saturated carbocycles. The smallest absolute Gasteiger partial charge is 0.303 e. The van der Waals surface area contributed by atoms with Crippen molar-refractivity contribution in [1.82, 2.24) is 29.8 Å². The maximum atomic E-state index is 10.7. The van der Waals surface area contributed by atoms with E-state index in [1.165, 1.54) is 0 Å². The van der Waals surface area contributed by atoms with Gasteiger partial charge in [-0.05, 0) is 6.42 Å². The van der Waals surface area contributed by atoms with Crippen LogP contribution in [0.1, 0.15) is 18.7 Å². The van der Waals surface area contributed by atoms with Gasteiger partial charge in [0.1, 0.15) is 5.82 Å². The molecule has 2 aromatic rings. The molecule has 0 aliphatic carbocycles. The van der Waals surface area contributed by atoms with E-state index in [0.717, 1.165) is 11.1 Å². The van der Waals surface area contributed by atoms with Crippen molar-refractivity contribution in [1.29, 1.82) is 0 Å². The van der Waals surface area contributed by atoms with Gasteiger partial charge in [-0.1, -0.05) is 30.3 Å². The highest BCUT2D eigenvalue weighted by atomic mass is 16.4. The average Bonchev–Trinajstić information content (AvgIpc) is 3.21. The van der Waals surface area contributed by atoms with Crippen LogP contribution in [0.2, 0.25) is 0 Å². The summed E-state index contributed by atoms with van der Waals surface area (Å²) in [5.74, 6) is 1.10. The number of hydrogen-bond acceptors (Lipinski definition) is 5. The van der Waals surface area contributed by atoms with E-state index in [9.17, 15) is 4.79 Å². The number of aliphatic carboxylic acids is 1. The number of nitrogens with one attached hydrogen (secondary N) is 1. The second kappa shape index (κ2) is 5.73. The molecule has 0 spiro atoms. The summed E-state index contributed by atoms with van der Waals surface area (Å²) < 4.78 is 1.79. The van der Waals surface area contributed by atoms with Crippen molar-refractivity contribution >= 4 is 11.6 Å². The van der Waals surface area contributed by atoms with Crippen molar-refractivity contribution < 1.29 is 9.90 Å². The molecule has 0 fully saturated rings. The molecule has 3 heterocycles. The lowest BCUT2D eigenvalue weighted by atomic mass is 10.2. The minimum atomic E-state index is -0.819. The van der Waals surface area contributed by atoms with Crippen LogP contribution < -0.4 is 0 Å². The zero-order chi connectivity index (χ0) is 16.5. The molecular formula is C16H14N6O2. The van der Waals surface area contributed by atoms with E-state index < -0.39 is 5.97 Å². The Balaban J connectivity index is 1.82. The Hall–Kier alpha value is -3.29. The van der Waals surface area contributed by atoms with Crippen molar-refractivity contribution in [2.75, 3.05) is 0 Å². The zero-order valence-electron chi connectivity index (χ0n) is 12.7. The van der Waals surface area contributed by atoms with Crippen LogP contribution in [0.3, 0.4) is 0 Å². The number of aromatic nitrogens is 6. The number of aromatic amines is 1. The molecule has 2 N–H and O–H groups in total. The van der Waals surface area contributed by atoms with E-state index in [0.29, 0.717) is 36.0 Å². The van der Waals surface area contributed by atoms with Crippen LogP contribution in [0.4, 0.5) is 0 Å². The van der Waals surface area contributed by atoms with Crippen molar-refractivity contribution in [3.63, 3.8) is 0 Å². The number of aryl methyl sites for hydroxylation is 1. The zero-order valence-corrected chi connectivity index (χ0v) is 12.7. The first-order valence-corrected chi connectivity index (χ1v) is 7.58. The number of carbonyl (C=O) groups is 1. The Labute approximate surface area is 136 Å². The number of hydrogen-bond donors (Lipinski definition) is 2. The highest BCUT2D eigenvalue weighted by Crippen LogP contribution is 2.25. The molecule has 24 heavy (non-hydrogen) atoms. The van der Waals surface area contributed by atoms with Gasteiger partial charge in [0.2, 0.25) is 0 Å². The van der Waals surface area contributed by atoms with Crippen LogP contribution in [-0.2, 0) is 11.2 Å². The normalized spacial score (nSPS) is 11.3. The molecule has 0 atom stereocenters. The molecule has 0 unspecified atom stereocenters. The lowest BCUT2D eigenvalue weighted by Crippen LogP contribution is -2.07. The van der Waals surface area contributed by atoms with Crippen LogP contribution in [0.5, 0.6) is 0 Å². The molecule has 0 saturated heterocycles. The molecule has 8 nitrogen and oxygen atoms in total. The highest BCUT2D eigenvalue weighted by Gasteiger charge is 2.19. The summed E-state index contributed by atoms with van der Waals surface area (Å²) in [6, 6.07) is 9.77. The predicted octanol–water partition coefficient (Wildman–Crippen LogP) is 2.03. The number of carboxylic acid groups (broad SMARTS) is 1. The maximum Gasteiger partial charge on any atom is 0.303 e. The molecule has 0 radical (unpaired) electrons. The number of benzene rings is 1. The molecule has 120 valence electrons. The molecular weight excluding hydrogens is 308 g/mol. The standard InChI is InChI=1S/C16H14N6O2/c23-13(24)8-4-7-12-18-15-11(9-17-20-15)16-19-14(21-22(12)16)10-5-2-1-3-6-10/h1-3,5-6,9H,4,7-8H2,(H,19,21)(H,23,24). The van der Waals surface area contributed by atoms with Gasteiger partial charge in [-0.3, -0.25) is 9.89 Å². The summed E-state index contributed by atoms with van der Waals surface area (Å²) in [7, 11) is 0. The Bertz CT molecular complexity index is 975. The van der Waals surface area contributed by atoms with Crippen LogP contribution in [-0.4, -0.2) is 40.9 Å². The monoisotopic (exact) mass is 322 g/mol. The summed E-state index contributed by atoms with van der Waals surface area (Å²) in [6.45, 7) is 0. The molecule has 2 aliphatic rings. The third-order valence-electron chi connectivity index (χ3n) is 3.80. The van der Waals surface area contributed by atoms with Crippen LogP contribution >= 0.6 is 0 Å². The second-order valence-corrected chi connectivity index (χ2v) is 5.45. The Morgan fingerprint density at radius 1 is 1.21 bits per heavy atom. The van der Waals surface area contributed by atoms with Gasteiger partial charge < -0.3 is 5.11 Å². The fourth-order valence-electron chi connectivity index (χ4n) is 2.66. The number of fused-ring (bicyclic) bond motifs is 3. The van der Waals surface area contributed by atoms with Gasteiger partial charge in [0, 0.05) is 18.4 Å². The fourth-order valence-corrected chi connectivity index (χ4v) is 2.66. The lowest BCUT2D eigenvalue weighted by Gasteiger charge is -2.06. The molecule has 1 aromatic heterocycles. The predicted molar refractivity (Wildman–Crippen MR) is 85.6 cm³/mol. The number of rotatable bonds is 5. The Morgan fingerprint density at radius 3 is 2.83 bits per heavy atom. The molecule has 0 amide bonds. The fraction of sp³-hybridized carbons (Fsp3) is 0.188. The third-order valence-corrected chi connectivity index (χ3v) is 3.80. The van der Waals surface area contributed by atoms with Crippen molar-refractivity contribution in [2.24, 2.45) is 0 Å². The summed E-state index contributed by atoms with van der Waals surface area (Å²) in [4.78, 5) is 19.9. The Morgan fingerprint density at radius 2 is 2.04 bits per heavy atom. The topological polar surface area (TPSA) is 109 Å². The Kier molecular flexibility index (Phi) is 3.42. The maximum absolute atomic E-state index is 10.7. The van der Waals surface area contributed by atoms with E-state index in [2.05, 4.69) is 25.3 Å². The molecule has 0 bridgehead atoms. The summed E-state index contributed by atoms with van der Waals surface area (Å²) in [5.41, 5.74) is 2.41. The summed E-state index contributed by atoms with van der Waals surface area (Å²) >= 11 is 0. The quantitative estimate of drug-likeness (QED) is 0.582. The first kappa shape index (κ1) is 14.3. The average molecular weight is 322 g/mol. The second-order valence-electron chi connectivity index (χ2n) is 5.45. The number of H-pyrrole nitrogens is 1. The van der Waals surface area contributed by atoms with Gasteiger partial charge in [0.25, 0.3) is 0 Å². The van der Waals surface area contributed by atoms with Gasteiger partial charge in [0.15, 0.2) is 17.3 Å². The minimum Gasteiger partial charge on any atom is -0.481 e. The lowest BCUT2D eigenvalue weighted by molar-refractivity contribution is -0.137. The van der Waals surface area contributed by atoms with Gasteiger partial charge >= 0.3 is 5.97 Å². The largest absolute Gasteiger partial charge is 0.481 e. The van der Waals surface area contributed by atoms with E-state index in [-0.39, 0.29) is 6.42 Å².